The summed E-state index contributed by atoms with van der Waals surface area (Å²) < 4.78 is 1.21. The molecular formula is C5H10N6O. The van der Waals surface area contributed by atoms with Crippen LogP contribution in [0.25, 0.3) is 0 Å². The van der Waals surface area contributed by atoms with Gasteiger partial charge in [-0.3, -0.25) is 4.79 Å². The van der Waals surface area contributed by atoms with Gasteiger partial charge in [0, 0.05) is 0 Å². The third-order valence-electron chi connectivity index (χ3n) is 1.53. The summed E-state index contributed by atoms with van der Waals surface area (Å²) in [6.45, 7) is 1.80. The topological polar surface area (TPSA) is 113 Å². The van der Waals surface area contributed by atoms with Crippen LogP contribution in [0.3, 0.4) is 0 Å². The van der Waals surface area contributed by atoms with E-state index in [1.807, 2.05) is 0 Å². The number of nitrogen functional groups attached to an aromatic ring is 1. The van der Waals surface area contributed by atoms with Crippen LogP contribution in [-0.2, 0) is 4.79 Å². The molecule has 0 spiro atoms. The summed E-state index contributed by atoms with van der Waals surface area (Å²) in [5.74, 6) is -0.392. The van der Waals surface area contributed by atoms with Gasteiger partial charge in [-0.25, -0.2) is 0 Å². The van der Waals surface area contributed by atoms with Gasteiger partial charge in [0.1, 0.15) is 6.04 Å². The predicted molar refractivity (Wildman–Crippen MR) is 40.8 cm³/mol. The van der Waals surface area contributed by atoms with Crippen molar-refractivity contribution in [2.75, 3.05) is 5.73 Å². The molecule has 7 nitrogen and oxygen atoms in total. The molecular weight excluding hydrogens is 160 g/mol. The van der Waals surface area contributed by atoms with Crippen LogP contribution in [0.2, 0.25) is 0 Å². The van der Waals surface area contributed by atoms with Crippen LogP contribution >= 0.6 is 0 Å². The highest BCUT2D eigenvalue weighted by molar-refractivity contribution is 5.78. The highest BCUT2D eigenvalue weighted by atomic mass is 16.1. The zero-order valence-electron chi connectivity index (χ0n) is 6.64. The standard InChI is InChI=1S/C5H10N6O/c1-2-3(4(6)12)11-5(7)8-9-10-11/h3H,2H2,1H3,(H2,6,12)(H2,7,8,10). The van der Waals surface area contributed by atoms with E-state index in [9.17, 15) is 4.79 Å². The summed E-state index contributed by atoms with van der Waals surface area (Å²) in [5.41, 5.74) is 10.5. The fraction of sp³-hybridized carbons (Fsp3) is 0.600. The predicted octanol–water partition coefficient (Wildman–Crippen LogP) is -1.31. The second kappa shape index (κ2) is 3.16. The molecule has 1 aromatic heterocycles. The van der Waals surface area contributed by atoms with Crippen molar-refractivity contribution in [2.45, 2.75) is 19.4 Å². The minimum Gasteiger partial charge on any atom is -0.368 e. The van der Waals surface area contributed by atoms with Crippen molar-refractivity contribution in [3.63, 3.8) is 0 Å². The van der Waals surface area contributed by atoms with E-state index < -0.39 is 11.9 Å². The number of hydrogen-bond donors (Lipinski definition) is 2. The zero-order valence-corrected chi connectivity index (χ0v) is 6.64. The van der Waals surface area contributed by atoms with Crippen LogP contribution in [0.4, 0.5) is 5.95 Å². The second-order valence-corrected chi connectivity index (χ2v) is 2.31. The molecule has 1 amide bonds. The average Bonchev–Trinajstić information content (AvgIpc) is 2.38. The lowest BCUT2D eigenvalue weighted by molar-refractivity contribution is -0.121. The van der Waals surface area contributed by atoms with Gasteiger partial charge in [-0.1, -0.05) is 12.0 Å². The Kier molecular flexibility index (Phi) is 2.22. The van der Waals surface area contributed by atoms with Crippen molar-refractivity contribution in [3.05, 3.63) is 0 Å². The van der Waals surface area contributed by atoms with Crippen LogP contribution in [-0.4, -0.2) is 26.1 Å². The van der Waals surface area contributed by atoms with Crippen LogP contribution in [0.5, 0.6) is 0 Å². The van der Waals surface area contributed by atoms with Crippen LogP contribution < -0.4 is 11.5 Å². The molecule has 0 fully saturated rings. The number of carbonyl (C=O) groups excluding carboxylic acids is 1. The molecule has 66 valence electrons. The lowest BCUT2D eigenvalue weighted by Crippen LogP contribution is -2.27. The molecule has 1 unspecified atom stereocenters. The van der Waals surface area contributed by atoms with Crippen molar-refractivity contribution < 1.29 is 4.79 Å². The molecule has 0 aliphatic carbocycles. The average molecular weight is 170 g/mol. The van der Waals surface area contributed by atoms with E-state index in [-0.39, 0.29) is 5.95 Å². The Labute approximate surface area is 68.7 Å². The largest absolute Gasteiger partial charge is 0.368 e. The number of anilines is 1. The van der Waals surface area contributed by atoms with Gasteiger partial charge in [-0.05, 0) is 16.8 Å². The normalized spacial score (nSPS) is 12.8. The first kappa shape index (κ1) is 8.44. The number of rotatable bonds is 3. The van der Waals surface area contributed by atoms with Crippen molar-refractivity contribution in [1.29, 1.82) is 0 Å². The van der Waals surface area contributed by atoms with Gasteiger partial charge in [-0.2, -0.15) is 4.68 Å². The van der Waals surface area contributed by atoms with Crippen molar-refractivity contribution in [1.82, 2.24) is 20.2 Å². The second-order valence-electron chi connectivity index (χ2n) is 2.31. The van der Waals surface area contributed by atoms with E-state index in [0.717, 1.165) is 0 Å². The van der Waals surface area contributed by atoms with Gasteiger partial charge in [-0.15, -0.1) is 0 Å². The number of hydrogen-bond acceptors (Lipinski definition) is 5. The van der Waals surface area contributed by atoms with Gasteiger partial charge in [0.25, 0.3) is 0 Å². The van der Waals surface area contributed by atoms with Crippen molar-refractivity contribution in [3.8, 4) is 0 Å². The fourth-order valence-electron chi connectivity index (χ4n) is 0.917. The molecule has 4 N–H and O–H groups in total. The maximum atomic E-state index is 10.8. The van der Waals surface area contributed by atoms with E-state index >= 15 is 0 Å². The summed E-state index contributed by atoms with van der Waals surface area (Å²) in [6, 6.07) is -0.556. The number of nitrogens with two attached hydrogens (primary N) is 2. The zero-order chi connectivity index (χ0) is 9.14. The summed E-state index contributed by atoms with van der Waals surface area (Å²) >= 11 is 0. The first-order valence-corrected chi connectivity index (χ1v) is 3.49. The summed E-state index contributed by atoms with van der Waals surface area (Å²) in [5, 5.41) is 10.3. The first-order valence-electron chi connectivity index (χ1n) is 3.49. The Morgan fingerprint density at radius 3 is 2.75 bits per heavy atom. The van der Waals surface area contributed by atoms with E-state index in [0.29, 0.717) is 6.42 Å². The van der Waals surface area contributed by atoms with Crippen LogP contribution in [0.1, 0.15) is 19.4 Å². The molecule has 12 heavy (non-hydrogen) atoms. The fourth-order valence-corrected chi connectivity index (χ4v) is 0.917. The molecule has 0 radical (unpaired) electrons. The molecule has 1 aromatic rings. The number of amides is 1. The molecule has 0 aliphatic rings. The third-order valence-corrected chi connectivity index (χ3v) is 1.53. The number of aromatic nitrogens is 4. The van der Waals surface area contributed by atoms with Gasteiger partial charge < -0.3 is 11.5 Å². The molecule has 7 heteroatoms. The monoisotopic (exact) mass is 170 g/mol. The SMILES string of the molecule is CCC(C(N)=O)n1nnnc1N. The molecule has 0 bridgehead atoms. The van der Waals surface area contributed by atoms with Crippen LogP contribution in [0.15, 0.2) is 0 Å². The number of primary amides is 1. The smallest absolute Gasteiger partial charge is 0.242 e. The molecule has 1 heterocycles. The van der Waals surface area contributed by atoms with Crippen molar-refractivity contribution in [2.24, 2.45) is 5.73 Å². The quantitative estimate of drug-likeness (QED) is 0.584. The van der Waals surface area contributed by atoms with E-state index in [4.69, 9.17) is 11.5 Å². The summed E-state index contributed by atoms with van der Waals surface area (Å²) in [6.07, 6.45) is 0.518. The maximum Gasteiger partial charge on any atom is 0.242 e. The molecule has 0 saturated carbocycles. The molecule has 0 aliphatic heterocycles. The minimum absolute atomic E-state index is 0.0978. The van der Waals surface area contributed by atoms with E-state index in [2.05, 4.69) is 15.5 Å². The highest BCUT2D eigenvalue weighted by Gasteiger charge is 2.18. The Bertz CT molecular complexity index is 281. The Hall–Kier alpha value is -1.66. The maximum absolute atomic E-state index is 10.8. The Morgan fingerprint density at radius 2 is 2.42 bits per heavy atom. The first-order chi connectivity index (χ1) is 5.66. The molecule has 1 atom stereocenters. The van der Waals surface area contributed by atoms with E-state index in [1.54, 1.807) is 6.92 Å². The van der Waals surface area contributed by atoms with Gasteiger partial charge in [0.05, 0.1) is 0 Å². The van der Waals surface area contributed by atoms with Gasteiger partial charge >= 0.3 is 0 Å². The lowest BCUT2D eigenvalue weighted by atomic mass is 10.2. The summed E-state index contributed by atoms with van der Waals surface area (Å²) in [7, 11) is 0. The lowest BCUT2D eigenvalue weighted by Gasteiger charge is -2.09. The van der Waals surface area contributed by atoms with E-state index in [1.165, 1.54) is 4.68 Å². The Balaban J connectivity index is 2.94. The molecule has 0 saturated heterocycles. The minimum atomic E-state index is -0.556. The third kappa shape index (κ3) is 1.34. The number of nitrogens with zero attached hydrogens (tertiary/aromatic N) is 4. The van der Waals surface area contributed by atoms with Crippen molar-refractivity contribution >= 4 is 11.9 Å². The number of carbonyl (C=O) groups is 1. The Morgan fingerprint density at radius 1 is 1.75 bits per heavy atom. The highest BCUT2D eigenvalue weighted by Crippen LogP contribution is 2.10. The van der Waals surface area contributed by atoms with Gasteiger partial charge in [0.2, 0.25) is 11.9 Å². The molecule has 1 rings (SSSR count). The van der Waals surface area contributed by atoms with Gasteiger partial charge in [0.15, 0.2) is 0 Å². The number of tetrazole rings is 1. The summed E-state index contributed by atoms with van der Waals surface area (Å²) in [4.78, 5) is 10.8. The van der Waals surface area contributed by atoms with Crippen LogP contribution in [0, 0.1) is 0 Å². The molecule has 0 aromatic carbocycles.